The maximum atomic E-state index is 9.52. The fourth-order valence-corrected chi connectivity index (χ4v) is 1.78. The van der Waals surface area contributed by atoms with Crippen molar-refractivity contribution in [2.24, 2.45) is 0 Å². The number of rotatable bonds is 3. The Morgan fingerprint density at radius 2 is 2.07 bits per heavy atom. The Morgan fingerprint density at radius 1 is 1.29 bits per heavy atom. The quantitative estimate of drug-likeness (QED) is 0.836. The average Bonchev–Trinajstić information content (AvgIpc) is 2.62. The Hall–Kier alpha value is -0.800. The van der Waals surface area contributed by atoms with E-state index in [0.29, 0.717) is 11.9 Å². The molecule has 0 saturated heterocycles. The molecule has 0 fully saturated rings. The third-order valence-electron chi connectivity index (χ3n) is 2.27. The third kappa shape index (κ3) is 1.83. The van der Waals surface area contributed by atoms with Crippen LogP contribution in [0.1, 0.15) is 0 Å². The number of alkyl halides is 1. The number of aliphatic hydroxyl groups is 1. The summed E-state index contributed by atoms with van der Waals surface area (Å²) in [4.78, 5) is 0. The Labute approximate surface area is 91.3 Å². The number of benzene rings is 1. The summed E-state index contributed by atoms with van der Waals surface area (Å²) >= 11 is 3.26. The van der Waals surface area contributed by atoms with Crippen LogP contribution < -0.4 is 0 Å². The highest BCUT2D eigenvalue weighted by Crippen LogP contribution is 2.15. The highest BCUT2D eigenvalue weighted by Gasteiger charge is 2.05. The van der Waals surface area contributed by atoms with E-state index in [-0.39, 0.29) is 6.10 Å². The summed E-state index contributed by atoms with van der Waals surface area (Å²) in [5.41, 5.74) is 1.17. The third-order valence-corrected chi connectivity index (χ3v) is 3.01. The summed E-state index contributed by atoms with van der Waals surface area (Å²) in [6.45, 7) is 0.638. The van der Waals surface area contributed by atoms with Crippen LogP contribution in [-0.4, -0.2) is 21.1 Å². The fourth-order valence-electron chi connectivity index (χ4n) is 1.58. The van der Waals surface area contributed by atoms with Crippen LogP contribution in [0.15, 0.2) is 36.5 Å². The number of hydrogen-bond acceptors (Lipinski definition) is 1. The van der Waals surface area contributed by atoms with Crippen LogP contribution in [0.3, 0.4) is 0 Å². The average molecular weight is 254 g/mol. The SMILES string of the molecule is OC(CBr)Cn1ccc2ccccc21. The van der Waals surface area contributed by atoms with Crippen LogP contribution in [0.5, 0.6) is 0 Å². The second-order valence-corrected chi connectivity index (χ2v) is 3.98. The largest absolute Gasteiger partial charge is 0.390 e. The van der Waals surface area contributed by atoms with Crippen molar-refractivity contribution in [2.75, 3.05) is 5.33 Å². The van der Waals surface area contributed by atoms with Gasteiger partial charge in [-0.25, -0.2) is 0 Å². The molecule has 0 amide bonds. The maximum Gasteiger partial charge on any atom is 0.0815 e. The monoisotopic (exact) mass is 253 g/mol. The van der Waals surface area contributed by atoms with Gasteiger partial charge in [0.1, 0.15) is 0 Å². The molecule has 3 heteroatoms. The Bertz CT molecular complexity index is 424. The van der Waals surface area contributed by atoms with Gasteiger partial charge >= 0.3 is 0 Å². The summed E-state index contributed by atoms with van der Waals surface area (Å²) in [5.74, 6) is 0. The molecule has 0 saturated carbocycles. The first-order chi connectivity index (χ1) is 6.81. The summed E-state index contributed by atoms with van der Waals surface area (Å²) in [5, 5.41) is 11.3. The van der Waals surface area contributed by atoms with Gasteiger partial charge in [0, 0.05) is 23.6 Å². The predicted molar refractivity (Wildman–Crippen MR) is 61.7 cm³/mol. The minimum Gasteiger partial charge on any atom is -0.390 e. The van der Waals surface area contributed by atoms with Gasteiger partial charge in [-0.3, -0.25) is 0 Å². The van der Waals surface area contributed by atoms with Gasteiger partial charge in [-0.05, 0) is 17.5 Å². The lowest BCUT2D eigenvalue weighted by Crippen LogP contribution is -2.16. The molecule has 2 nitrogen and oxygen atoms in total. The van der Waals surface area contributed by atoms with Gasteiger partial charge in [0.2, 0.25) is 0 Å². The van der Waals surface area contributed by atoms with Gasteiger partial charge in [-0.1, -0.05) is 34.1 Å². The fraction of sp³-hybridized carbons (Fsp3) is 0.273. The van der Waals surface area contributed by atoms with Crippen molar-refractivity contribution >= 4 is 26.8 Å². The standard InChI is InChI=1S/C11H12BrNO/c12-7-10(14)8-13-6-5-9-3-1-2-4-11(9)13/h1-6,10,14H,7-8H2. The van der Waals surface area contributed by atoms with Crippen LogP contribution in [0.25, 0.3) is 10.9 Å². The Morgan fingerprint density at radius 3 is 2.86 bits per heavy atom. The van der Waals surface area contributed by atoms with E-state index in [4.69, 9.17) is 0 Å². The van der Waals surface area contributed by atoms with E-state index in [1.54, 1.807) is 0 Å². The number of para-hydroxylation sites is 1. The molecule has 14 heavy (non-hydrogen) atoms. The van der Waals surface area contributed by atoms with E-state index in [9.17, 15) is 5.11 Å². The van der Waals surface area contributed by atoms with Crippen LogP contribution in [0.4, 0.5) is 0 Å². The minimum atomic E-state index is -0.328. The molecule has 0 aliphatic carbocycles. The van der Waals surface area contributed by atoms with Crippen molar-refractivity contribution in [2.45, 2.75) is 12.6 Å². The zero-order valence-corrected chi connectivity index (χ0v) is 9.31. The second-order valence-electron chi connectivity index (χ2n) is 3.34. The summed E-state index contributed by atoms with van der Waals surface area (Å²) in [6.07, 6.45) is 1.68. The number of aromatic nitrogens is 1. The minimum absolute atomic E-state index is 0.328. The van der Waals surface area contributed by atoms with Crippen LogP contribution in [0.2, 0.25) is 0 Å². The van der Waals surface area contributed by atoms with E-state index in [1.165, 1.54) is 10.9 Å². The molecule has 2 aromatic rings. The summed E-state index contributed by atoms with van der Waals surface area (Å²) < 4.78 is 2.07. The van der Waals surface area contributed by atoms with Crippen molar-refractivity contribution in [3.63, 3.8) is 0 Å². The molecule has 2 rings (SSSR count). The molecular formula is C11H12BrNO. The smallest absolute Gasteiger partial charge is 0.0815 e. The lowest BCUT2D eigenvalue weighted by atomic mass is 10.2. The molecule has 0 radical (unpaired) electrons. The van der Waals surface area contributed by atoms with Crippen molar-refractivity contribution in [3.8, 4) is 0 Å². The second kappa shape index (κ2) is 4.15. The van der Waals surface area contributed by atoms with Crippen molar-refractivity contribution in [1.29, 1.82) is 0 Å². The van der Waals surface area contributed by atoms with E-state index in [2.05, 4.69) is 38.7 Å². The lowest BCUT2D eigenvalue weighted by Gasteiger charge is -2.09. The topological polar surface area (TPSA) is 25.2 Å². The molecule has 1 heterocycles. The first-order valence-electron chi connectivity index (χ1n) is 4.59. The molecule has 1 aromatic heterocycles. The number of fused-ring (bicyclic) bond motifs is 1. The van der Waals surface area contributed by atoms with E-state index < -0.39 is 0 Å². The predicted octanol–water partition coefficient (Wildman–Crippen LogP) is 2.40. The Kier molecular flexibility index (Phi) is 2.89. The van der Waals surface area contributed by atoms with Crippen LogP contribution >= 0.6 is 15.9 Å². The molecule has 0 spiro atoms. The number of halogens is 1. The molecule has 1 N–H and O–H groups in total. The number of nitrogens with zero attached hydrogens (tertiary/aromatic N) is 1. The highest BCUT2D eigenvalue weighted by molar-refractivity contribution is 9.09. The Balaban J connectivity index is 2.33. The number of hydrogen-bond donors (Lipinski definition) is 1. The van der Waals surface area contributed by atoms with Gasteiger partial charge in [0.25, 0.3) is 0 Å². The lowest BCUT2D eigenvalue weighted by molar-refractivity contribution is 0.181. The van der Waals surface area contributed by atoms with Crippen molar-refractivity contribution in [3.05, 3.63) is 36.5 Å². The van der Waals surface area contributed by atoms with Crippen LogP contribution in [-0.2, 0) is 6.54 Å². The zero-order chi connectivity index (χ0) is 9.97. The van der Waals surface area contributed by atoms with E-state index in [1.807, 2.05) is 18.3 Å². The molecule has 0 bridgehead atoms. The normalized spacial score (nSPS) is 13.3. The molecular weight excluding hydrogens is 242 g/mol. The van der Waals surface area contributed by atoms with Gasteiger partial charge < -0.3 is 9.67 Å². The molecule has 0 aliphatic rings. The molecule has 0 aliphatic heterocycles. The maximum absolute atomic E-state index is 9.52. The molecule has 1 aromatic carbocycles. The van der Waals surface area contributed by atoms with E-state index in [0.717, 1.165) is 0 Å². The van der Waals surface area contributed by atoms with Gasteiger partial charge in [0.15, 0.2) is 0 Å². The first kappa shape index (κ1) is 9.74. The summed E-state index contributed by atoms with van der Waals surface area (Å²) in [7, 11) is 0. The first-order valence-corrected chi connectivity index (χ1v) is 5.71. The van der Waals surface area contributed by atoms with Crippen molar-refractivity contribution < 1.29 is 5.11 Å². The zero-order valence-electron chi connectivity index (χ0n) is 7.73. The highest BCUT2D eigenvalue weighted by atomic mass is 79.9. The van der Waals surface area contributed by atoms with Crippen molar-refractivity contribution in [1.82, 2.24) is 4.57 Å². The van der Waals surface area contributed by atoms with Gasteiger partial charge in [0.05, 0.1) is 6.10 Å². The summed E-state index contributed by atoms with van der Waals surface area (Å²) in [6, 6.07) is 10.2. The van der Waals surface area contributed by atoms with Gasteiger partial charge in [-0.15, -0.1) is 0 Å². The molecule has 74 valence electrons. The van der Waals surface area contributed by atoms with E-state index >= 15 is 0 Å². The van der Waals surface area contributed by atoms with Gasteiger partial charge in [-0.2, -0.15) is 0 Å². The molecule has 1 atom stereocenters. The number of aliphatic hydroxyl groups excluding tert-OH is 1. The van der Waals surface area contributed by atoms with Crippen LogP contribution in [0, 0.1) is 0 Å². The molecule has 1 unspecified atom stereocenters.